The summed E-state index contributed by atoms with van der Waals surface area (Å²) in [7, 11) is 0. The molecule has 0 aliphatic carbocycles. The van der Waals surface area contributed by atoms with Crippen LogP contribution >= 0.6 is 0 Å². The number of aliphatic carboxylic acids is 1. The summed E-state index contributed by atoms with van der Waals surface area (Å²) in [6, 6.07) is 27.4. The molecule has 7 nitrogen and oxygen atoms in total. The first-order valence-electron chi connectivity index (χ1n) is 13.5. The molecule has 10 heteroatoms. The topological polar surface area (TPSA) is 96.3 Å². The maximum atomic E-state index is 12.4. The molecule has 4 aromatic carbocycles. The average molecular weight is 594 g/mol. The highest BCUT2D eigenvalue weighted by Gasteiger charge is 2.31. The molecule has 0 spiro atoms. The fourth-order valence-corrected chi connectivity index (χ4v) is 4.50. The van der Waals surface area contributed by atoms with Crippen LogP contribution in [0.4, 0.5) is 13.2 Å². The van der Waals surface area contributed by atoms with Crippen molar-refractivity contribution < 1.29 is 42.4 Å². The third-order valence-electron chi connectivity index (χ3n) is 6.61. The summed E-state index contributed by atoms with van der Waals surface area (Å²) < 4.78 is 47.3. The molecule has 43 heavy (non-hydrogen) atoms. The van der Waals surface area contributed by atoms with E-state index in [4.69, 9.17) is 9.84 Å². The quantitative estimate of drug-likeness (QED) is 0.157. The zero-order valence-corrected chi connectivity index (χ0v) is 23.1. The standard InChI is InChI=1S/C33H30F3NO6/c34-33(35,36)43-29-17-15-26(16-18-29)25-11-9-24(10-12-25)22-42-30-5-2-1-4-28(30)21-37(19-3-6-31(38)39)20-23-7-13-27(14-8-23)32(40)41/h1-2,4-5,7-18H,3,6,19-22H2,(H,38,39)(H,40,41). The number of carboxylic acid groups (broad SMARTS) is 2. The second kappa shape index (κ2) is 14.4. The Kier molecular flexibility index (Phi) is 10.4. The molecule has 0 aliphatic rings. The Morgan fingerprint density at radius 2 is 1.35 bits per heavy atom. The van der Waals surface area contributed by atoms with Gasteiger partial charge in [0.05, 0.1) is 5.56 Å². The van der Waals surface area contributed by atoms with Crippen molar-refractivity contribution in [3.63, 3.8) is 0 Å². The molecule has 224 valence electrons. The smallest absolute Gasteiger partial charge is 0.489 e. The SMILES string of the molecule is O=C(O)CCCN(Cc1ccc(C(=O)O)cc1)Cc1ccccc1OCc1ccc(-c2ccc(OC(F)(F)F)cc2)cc1. The van der Waals surface area contributed by atoms with E-state index in [1.807, 2.05) is 48.5 Å². The minimum Gasteiger partial charge on any atom is -0.489 e. The number of ether oxygens (including phenoxy) is 2. The van der Waals surface area contributed by atoms with Gasteiger partial charge in [0.15, 0.2) is 0 Å². The van der Waals surface area contributed by atoms with E-state index in [-0.39, 0.29) is 24.3 Å². The number of alkyl halides is 3. The Morgan fingerprint density at radius 3 is 1.95 bits per heavy atom. The number of hydrogen-bond donors (Lipinski definition) is 2. The average Bonchev–Trinajstić information content (AvgIpc) is 2.97. The second-order valence-corrected chi connectivity index (χ2v) is 9.88. The molecule has 0 saturated heterocycles. The predicted octanol–water partition coefficient (Wildman–Crippen LogP) is 7.40. The lowest BCUT2D eigenvalue weighted by Crippen LogP contribution is -2.25. The van der Waals surface area contributed by atoms with Crippen LogP contribution in [0.5, 0.6) is 11.5 Å². The van der Waals surface area contributed by atoms with Crippen LogP contribution < -0.4 is 9.47 Å². The minimum absolute atomic E-state index is 0.0358. The van der Waals surface area contributed by atoms with Gasteiger partial charge in [-0.25, -0.2) is 4.79 Å². The van der Waals surface area contributed by atoms with E-state index in [0.29, 0.717) is 31.8 Å². The number of carboxylic acids is 2. The summed E-state index contributed by atoms with van der Waals surface area (Å²) in [6.45, 7) is 1.79. The van der Waals surface area contributed by atoms with E-state index in [1.54, 1.807) is 36.4 Å². The van der Waals surface area contributed by atoms with Crippen molar-refractivity contribution in [1.29, 1.82) is 0 Å². The van der Waals surface area contributed by atoms with E-state index in [2.05, 4.69) is 9.64 Å². The van der Waals surface area contributed by atoms with Gasteiger partial charge in [-0.1, -0.05) is 66.7 Å². The highest BCUT2D eigenvalue weighted by molar-refractivity contribution is 5.87. The molecule has 0 radical (unpaired) electrons. The number of hydrogen-bond acceptors (Lipinski definition) is 5. The van der Waals surface area contributed by atoms with Crippen LogP contribution in [0.15, 0.2) is 97.1 Å². The van der Waals surface area contributed by atoms with E-state index >= 15 is 0 Å². The molecule has 0 heterocycles. The van der Waals surface area contributed by atoms with Crippen molar-refractivity contribution in [2.24, 2.45) is 0 Å². The van der Waals surface area contributed by atoms with Crippen LogP contribution in [0.25, 0.3) is 11.1 Å². The van der Waals surface area contributed by atoms with Crippen molar-refractivity contribution >= 4 is 11.9 Å². The second-order valence-electron chi connectivity index (χ2n) is 9.88. The van der Waals surface area contributed by atoms with Gasteiger partial charge in [0.2, 0.25) is 0 Å². The molecular weight excluding hydrogens is 563 g/mol. The first kappa shape index (κ1) is 31.1. The third-order valence-corrected chi connectivity index (χ3v) is 6.61. The zero-order valence-electron chi connectivity index (χ0n) is 23.1. The van der Waals surface area contributed by atoms with Crippen LogP contribution in [0.3, 0.4) is 0 Å². The van der Waals surface area contributed by atoms with E-state index < -0.39 is 18.3 Å². The molecule has 0 saturated carbocycles. The Bertz CT molecular complexity index is 1500. The van der Waals surface area contributed by atoms with Gasteiger partial charge < -0.3 is 19.7 Å². The third kappa shape index (κ3) is 9.89. The maximum absolute atomic E-state index is 12.4. The molecule has 0 aliphatic heterocycles. The van der Waals surface area contributed by atoms with Crippen molar-refractivity contribution in [1.82, 2.24) is 4.90 Å². The van der Waals surface area contributed by atoms with Crippen LogP contribution in [-0.2, 0) is 24.5 Å². The van der Waals surface area contributed by atoms with Gasteiger partial charge in [0.1, 0.15) is 18.1 Å². The lowest BCUT2D eigenvalue weighted by molar-refractivity contribution is -0.274. The Balaban J connectivity index is 1.41. The van der Waals surface area contributed by atoms with Gasteiger partial charge in [-0.05, 0) is 65.6 Å². The van der Waals surface area contributed by atoms with Crippen molar-refractivity contribution in [3.8, 4) is 22.6 Å². The van der Waals surface area contributed by atoms with Crippen LogP contribution in [0, 0.1) is 0 Å². The van der Waals surface area contributed by atoms with E-state index in [0.717, 1.165) is 27.8 Å². The first-order chi connectivity index (χ1) is 20.6. The number of nitrogens with zero attached hydrogens (tertiary/aromatic N) is 1. The Hall–Kier alpha value is -4.83. The fraction of sp³-hybridized carbons (Fsp3) is 0.212. The predicted molar refractivity (Wildman–Crippen MR) is 154 cm³/mol. The number of rotatable bonds is 14. The molecule has 0 fully saturated rings. The first-order valence-corrected chi connectivity index (χ1v) is 13.5. The van der Waals surface area contributed by atoms with Gasteiger partial charge in [0, 0.05) is 25.1 Å². The van der Waals surface area contributed by atoms with Crippen molar-refractivity contribution in [2.75, 3.05) is 6.54 Å². The maximum Gasteiger partial charge on any atom is 0.573 e. The van der Waals surface area contributed by atoms with Gasteiger partial charge in [0.25, 0.3) is 0 Å². The molecule has 4 rings (SSSR count). The number of benzene rings is 4. The number of para-hydroxylation sites is 1. The fourth-order valence-electron chi connectivity index (χ4n) is 4.50. The summed E-state index contributed by atoms with van der Waals surface area (Å²) in [5.74, 6) is -1.47. The minimum atomic E-state index is -4.74. The number of aromatic carboxylic acids is 1. The monoisotopic (exact) mass is 593 g/mol. The Morgan fingerprint density at radius 1 is 0.744 bits per heavy atom. The van der Waals surface area contributed by atoms with Crippen LogP contribution in [-0.4, -0.2) is 40.0 Å². The highest BCUT2D eigenvalue weighted by atomic mass is 19.4. The summed E-state index contributed by atoms with van der Waals surface area (Å²) in [6.07, 6.45) is -4.25. The molecule has 0 unspecified atom stereocenters. The number of halogens is 3. The summed E-state index contributed by atoms with van der Waals surface area (Å²) >= 11 is 0. The highest BCUT2D eigenvalue weighted by Crippen LogP contribution is 2.27. The van der Waals surface area contributed by atoms with Crippen LogP contribution in [0.2, 0.25) is 0 Å². The van der Waals surface area contributed by atoms with E-state index in [1.165, 1.54) is 12.1 Å². The molecule has 0 aromatic heterocycles. The molecule has 4 aromatic rings. The zero-order chi connectivity index (χ0) is 30.8. The van der Waals surface area contributed by atoms with Crippen molar-refractivity contribution in [2.45, 2.75) is 38.9 Å². The largest absolute Gasteiger partial charge is 0.573 e. The molecule has 0 atom stereocenters. The Labute approximate surface area is 246 Å². The summed E-state index contributed by atoms with van der Waals surface area (Å²) in [4.78, 5) is 24.4. The number of carbonyl (C=O) groups is 2. The lowest BCUT2D eigenvalue weighted by Gasteiger charge is -2.24. The van der Waals surface area contributed by atoms with Gasteiger partial charge in [-0.3, -0.25) is 9.69 Å². The summed E-state index contributed by atoms with van der Waals surface area (Å²) in [5.41, 5.74) is 4.48. The van der Waals surface area contributed by atoms with Crippen molar-refractivity contribution in [3.05, 3.63) is 119 Å². The summed E-state index contributed by atoms with van der Waals surface area (Å²) in [5, 5.41) is 18.3. The molecule has 0 amide bonds. The van der Waals surface area contributed by atoms with Gasteiger partial charge >= 0.3 is 18.3 Å². The lowest BCUT2D eigenvalue weighted by atomic mass is 10.0. The molecular formula is C33H30F3NO6. The van der Waals surface area contributed by atoms with Crippen LogP contribution in [0.1, 0.15) is 39.9 Å². The molecule has 0 bridgehead atoms. The van der Waals surface area contributed by atoms with E-state index in [9.17, 15) is 27.9 Å². The van der Waals surface area contributed by atoms with Gasteiger partial charge in [-0.15, -0.1) is 13.2 Å². The molecule has 2 N–H and O–H groups in total. The van der Waals surface area contributed by atoms with Gasteiger partial charge in [-0.2, -0.15) is 0 Å². The normalized spacial score (nSPS) is 11.3.